The van der Waals surface area contributed by atoms with Crippen molar-refractivity contribution in [3.63, 3.8) is 0 Å². The topological polar surface area (TPSA) is 92.7 Å². The van der Waals surface area contributed by atoms with Crippen LogP contribution < -0.4 is 5.32 Å². The van der Waals surface area contributed by atoms with E-state index in [1.807, 2.05) is 43.5 Å². The number of carboxylic acid groups (broad SMARTS) is 1. The molecule has 0 unspecified atom stereocenters. The number of allylic oxidation sites excluding steroid dienone is 2. The van der Waals surface area contributed by atoms with Crippen molar-refractivity contribution in [1.29, 1.82) is 0 Å². The fraction of sp³-hybridized carbons (Fsp3) is 0.375. The first-order chi connectivity index (χ1) is 14.7. The van der Waals surface area contributed by atoms with E-state index in [2.05, 4.69) is 5.32 Å². The Morgan fingerprint density at radius 3 is 2.39 bits per heavy atom. The highest BCUT2D eigenvalue weighted by atomic mass is 32.1. The van der Waals surface area contributed by atoms with Crippen molar-refractivity contribution < 1.29 is 24.2 Å². The molecule has 1 aliphatic rings. The van der Waals surface area contributed by atoms with E-state index in [-0.39, 0.29) is 6.10 Å². The monoisotopic (exact) mass is 441 g/mol. The second kappa shape index (κ2) is 9.47. The number of hydrogen-bond donors (Lipinski definition) is 2. The maximum absolute atomic E-state index is 13.0. The maximum Gasteiger partial charge on any atom is 0.342 e. The molecule has 0 spiro atoms. The molecule has 0 saturated heterocycles. The van der Waals surface area contributed by atoms with Gasteiger partial charge in [-0.25, -0.2) is 4.79 Å². The molecule has 3 rings (SSSR count). The van der Waals surface area contributed by atoms with Crippen molar-refractivity contribution in [3.05, 3.63) is 52.4 Å². The number of anilines is 1. The molecule has 1 aliphatic carbocycles. The van der Waals surface area contributed by atoms with Crippen molar-refractivity contribution in [2.45, 2.75) is 46.6 Å². The van der Waals surface area contributed by atoms with Gasteiger partial charge in [0.15, 0.2) is 0 Å². The van der Waals surface area contributed by atoms with Crippen molar-refractivity contribution >= 4 is 34.2 Å². The third-order valence-corrected chi connectivity index (χ3v) is 6.37. The molecule has 2 aromatic rings. The molecule has 0 bridgehead atoms. The summed E-state index contributed by atoms with van der Waals surface area (Å²) in [6.45, 7) is 7.56. The van der Waals surface area contributed by atoms with E-state index >= 15 is 0 Å². The minimum Gasteiger partial charge on any atom is -0.481 e. The van der Waals surface area contributed by atoms with Crippen LogP contribution in [0.1, 0.15) is 48.2 Å². The Labute approximate surface area is 185 Å². The Balaban J connectivity index is 1.98. The van der Waals surface area contributed by atoms with Crippen LogP contribution >= 0.6 is 11.3 Å². The molecule has 164 valence electrons. The second-order valence-corrected chi connectivity index (χ2v) is 8.97. The van der Waals surface area contributed by atoms with Gasteiger partial charge in [-0.15, -0.1) is 11.3 Å². The number of ether oxygens (including phenoxy) is 1. The first-order valence-electron chi connectivity index (χ1n) is 10.3. The second-order valence-electron chi connectivity index (χ2n) is 8.09. The van der Waals surface area contributed by atoms with Crippen LogP contribution in [0.25, 0.3) is 11.1 Å². The number of nitrogens with one attached hydrogen (secondary N) is 1. The van der Waals surface area contributed by atoms with Crippen LogP contribution in [-0.4, -0.2) is 29.1 Å². The molecule has 6 nitrogen and oxygen atoms in total. The number of carbonyl (C=O) groups excluding carboxylic acids is 2. The lowest BCUT2D eigenvalue weighted by molar-refractivity contribution is -0.146. The van der Waals surface area contributed by atoms with Gasteiger partial charge in [0, 0.05) is 10.9 Å². The van der Waals surface area contributed by atoms with Gasteiger partial charge in [0.1, 0.15) is 10.6 Å². The molecule has 1 heterocycles. The first kappa shape index (κ1) is 22.7. The van der Waals surface area contributed by atoms with Gasteiger partial charge < -0.3 is 15.2 Å². The summed E-state index contributed by atoms with van der Waals surface area (Å²) in [7, 11) is 0. The van der Waals surface area contributed by atoms with E-state index < -0.39 is 29.7 Å². The molecule has 0 saturated carbocycles. The number of carboxylic acids is 1. The van der Waals surface area contributed by atoms with Gasteiger partial charge in [-0.3, -0.25) is 9.59 Å². The lowest BCUT2D eigenvalue weighted by Crippen LogP contribution is -2.34. The molecule has 2 atom stereocenters. The SMILES string of the molecule is Cc1ccc(-c2csc(NC(=O)[C@H]3CC=CC[C@@H]3C(=O)O)c2C(=O)OC(C)C)cc1C. The molecule has 1 aromatic carbocycles. The summed E-state index contributed by atoms with van der Waals surface area (Å²) in [5.41, 5.74) is 4.08. The molecule has 0 fully saturated rings. The van der Waals surface area contributed by atoms with Crippen molar-refractivity contribution in [3.8, 4) is 11.1 Å². The normalized spacial score (nSPS) is 18.1. The summed E-state index contributed by atoms with van der Waals surface area (Å²) in [4.78, 5) is 37.5. The first-order valence-corrected chi connectivity index (χ1v) is 11.2. The molecule has 0 aliphatic heterocycles. The number of rotatable bonds is 6. The van der Waals surface area contributed by atoms with Gasteiger partial charge in [0.25, 0.3) is 0 Å². The Kier molecular flexibility index (Phi) is 6.95. The van der Waals surface area contributed by atoms with Gasteiger partial charge in [-0.2, -0.15) is 0 Å². The van der Waals surface area contributed by atoms with Crippen LogP contribution in [0.3, 0.4) is 0 Å². The number of aryl methyl sites for hydroxylation is 2. The zero-order valence-corrected chi connectivity index (χ0v) is 18.9. The fourth-order valence-corrected chi connectivity index (χ4v) is 4.59. The predicted molar refractivity (Wildman–Crippen MR) is 121 cm³/mol. The van der Waals surface area contributed by atoms with E-state index in [9.17, 15) is 19.5 Å². The highest BCUT2D eigenvalue weighted by molar-refractivity contribution is 7.15. The van der Waals surface area contributed by atoms with Gasteiger partial charge >= 0.3 is 11.9 Å². The number of hydrogen-bond acceptors (Lipinski definition) is 5. The summed E-state index contributed by atoms with van der Waals surface area (Å²) in [6, 6.07) is 5.93. The Bertz CT molecular complexity index is 1040. The zero-order valence-electron chi connectivity index (χ0n) is 18.1. The average molecular weight is 442 g/mol. The highest BCUT2D eigenvalue weighted by Crippen LogP contribution is 2.38. The smallest absolute Gasteiger partial charge is 0.342 e. The molecule has 7 heteroatoms. The molecular weight excluding hydrogens is 414 g/mol. The van der Waals surface area contributed by atoms with Gasteiger partial charge in [0.2, 0.25) is 5.91 Å². The third-order valence-electron chi connectivity index (χ3n) is 5.48. The van der Waals surface area contributed by atoms with Crippen molar-refractivity contribution in [2.75, 3.05) is 5.32 Å². The number of thiophene rings is 1. The van der Waals surface area contributed by atoms with E-state index in [4.69, 9.17) is 4.74 Å². The Morgan fingerprint density at radius 2 is 1.77 bits per heavy atom. The average Bonchev–Trinajstić information content (AvgIpc) is 3.13. The highest BCUT2D eigenvalue weighted by Gasteiger charge is 2.35. The van der Waals surface area contributed by atoms with Crippen LogP contribution in [0, 0.1) is 25.7 Å². The van der Waals surface area contributed by atoms with Crippen LogP contribution in [0.4, 0.5) is 5.00 Å². The number of aliphatic carboxylic acids is 1. The van der Waals surface area contributed by atoms with Crippen LogP contribution in [-0.2, 0) is 14.3 Å². The van der Waals surface area contributed by atoms with Gasteiger partial charge in [0.05, 0.1) is 17.9 Å². The van der Waals surface area contributed by atoms with Crippen LogP contribution in [0.15, 0.2) is 35.7 Å². The lowest BCUT2D eigenvalue weighted by atomic mass is 9.82. The summed E-state index contributed by atoms with van der Waals surface area (Å²) in [6.07, 6.45) is 3.96. The van der Waals surface area contributed by atoms with Crippen molar-refractivity contribution in [1.82, 2.24) is 0 Å². The van der Waals surface area contributed by atoms with Crippen LogP contribution in [0.2, 0.25) is 0 Å². The minimum atomic E-state index is -0.994. The quantitative estimate of drug-likeness (QED) is 0.475. The van der Waals surface area contributed by atoms with E-state index in [0.29, 0.717) is 29.0 Å². The van der Waals surface area contributed by atoms with Crippen molar-refractivity contribution in [2.24, 2.45) is 11.8 Å². The van der Waals surface area contributed by atoms with Gasteiger partial charge in [-0.05, 0) is 57.2 Å². The Morgan fingerprint density at radius 1 is 1.10 bits per heavy atom. The molecule has 1 amide bonds. The Hall–Kier alpha value is -2.93. The van der Waals surface area contributed by atoms with E-state index in [1.54, 1.807) is 19.9 Å². The largest absolute Gasteiger partial charge is 0.481 e. The summed E-state index contributed by atoms with van der Waals surface area (Å²) in [5.74, 6) is -3.38. The van der Waals surface area contributed by atoms with E-state index in [0.717, 1.165) is 16.7 Å². The molecule has 1 aromatic heterocycles. The summed E-state index contributed by atoms with van der Waals surface area (Å²) >= 11 is 1.24. The number of benzene rings is 1. The fourth-order valence-electron chi connectivity index (χ4n) is 3.63. The molecule has 0 radical (unpaired) electrons. The zero-order chi connectivity index (χ0) is 22.7. The standard InChI is InChI=1S/C24H27NO5S/c1-13(2)30-24(29)20-19(16-10-9-14(3)15(4)11-16)12-31-22(20)25-21(26)17-7-5-6-8-18(17)23(27)28/h5-6,9-13,17-18H,7-8H2,1-4H3,(H,25,26)(H,27,28)/t17-,18-/m0/s1. The van der Waals surface area contributed by atoms with Gasteiger partial charge in [-0.1, -0.05) is 30.4 Å². The molecule has 2 N–H and O–H groups in total. The number of carbonyl (C=O) groups is 3. The third kappa shape index (κ3) is 5.05. The molecular formula is C24H27NO5S. The lowest BCUT2D eigenvalue weighted by Gasteiger charge is -2.24. The summed E-state index contributed by atoms with van der Waals surface area (Å²) in [5, 5.41) is 14.5. The maximum atomic E-state index is 13.0. The predicted octanol–water partition coefficient (Wildman–Crippen LogP) is 5.20. The molecule has 31 heavy (non-hydrogen) atoms. The van der Waals surface area contributed by atoms with E-state index in [1.165, 1.54) is 11.3 Å². The number of amides is 1. The minimum absolute atomic E-state index is 0.300. The summed E-state index contributed by atoms with van der Waals surface area (Å²) < 4.78 is 5.45. The van der Waals surface area contributed by atoms with Crippen LogP contribution in [0.5, 0.6) is 0 Å². The number of esters is 1.